The van der Waals surface area contributed by atoms with E-state index in [1.165, 1.54) is 16.9 Å². The molecule has 0 saturated carbocycles. The van der Waals surface area contributed by atoms with E-state index in [1.807, 2.05) is 46.3 Å². The Hall–Kier alpha value is -2.38. The van der Waals surface area contributed by atoms with Crippen LogP contribution in [0, 0.1) is 0 Å². The summed E-state index contributed by atoms with van der Waals surface area (Å²) in [6.45, 7) is 1.93. The molecule has 0 fully saturated rings. The van der Waals surface area contributed by atoms with Crippen LogP contribution in [0.1, 0.15) is 11.3 Å². The number of fused-ring (bicyclic) bond motifs is 3. The lowest BCUT2D eigenvalue weighted by atomic mass is 10.1. The molecule has 0 aliphatic carbocycles. The number of carbonyl (C=O) groups is 1. The molecule has 2 aromatic carbocycles. The van der Waals surface area contributed by atoms with Crippen LogP contribution in [0.25, 0.3) is 22.2 Å². The maximum absolute atomic E-state index is 13.0. The maximum atomic E-state index is 13.0. The molecule has 0 radical (unpaired) electrons. The Morgan fingerprint density at radius 3 is 2.81 bits per heavy atom. The molecule has 4 aromatic rings. The second-order valence-electron chi connectivity index (χ2n) is 7.50. The lowest BCUT2D eigenvalue weighted by molar-refractivity contribution is -0.116. The molecule has 0 spiro atoms. The van der Waals surface area contributed by atoms with E-state index < -0.39 is 0 Å². The van der Waals surface area contributed by atoms with Gasteiger partial charge in [-0.3, -0.25) is 4.79 Å². The second kappa shape index (κ2) is 8.63. The molecule has 2 aromatic heterocycles. The van der Waals surface area contributed by atoms with Crippen LogP contribution in [-0.4, -0.2) is 28.5 Å². The number of anilines is 1. The van der Waals surface area contributed by atoms with E-state index in [4.69, 9.17) is 23.2 Å². The zero-order valence-electron chi connectivity index (χ0n) is 16.6. The zero-order valence-corrected chi connectivity index (χ0v) is 18.9. The van der Waals surface area contributed by atoms with Crippen LogP contribution < -0.4 is 10.6 Å². The summed E-state index contributed by atoms with van der Waals surface area (Å²) in [5, 5.41) is 11.1. The van der Waals surface area contributed by atoms with E-state index in [0.29, 0.717) is 15.2 Å². The highest BCUT2D eigenvalue weighted by Crippen LogP contribution is 2.35. The number of carbonyl (C=O) groups excluding carboxylic acids is 1. The van der Waals surface area contributed by atoms with Gasteiger partial charge >= 0.3 is 0 Å². The highest BCUT2D eigenvalue weighted by atomic mass is 35.5. The van der Waals surface area contributed by atoms with Gasteiger partial charge in [-0.2, -0.15) is 0 Å². The maximum Gasteiger partial charge on any atom is 0.246 e. The number of hydrogen-bond acceptors (Lipinski definition) is 4. The SMILES string of the molecule is O=C(Cn1c2c(c3cc(Cl)cc(Cl)c31)CCNCC2)Nc1nc(-c2ccccc2)cs1. The fourth-order valence-electron chi connectivity index (χ4n) is 4.18. The molecule has 31 heavy (non-hydrogen) atoms. The third kappa shape index (κ3) is 4.08. The predicted octanol–water partition coefficient (Wildman–Crippen LogP) is 5.40. The van der Waals surface area contributed by atoms with Gasteiger partial charge in [-0.1, -0.05) is 53.5 Å². The third-order valence-electron chi connectivity index (χ3n) is 5.51. The van der Waals surface area contributed by atoms with Crippen molar-refractivity contribution in [3.05, 3.63) is 69.1 Å². The Bertz CT molecular complexity index is 1270. The average molecular weight is 471 g/mol. The van der Waals surface area contributed by atoms with Gasteiger partial charge in [0.05, 0.1) is 16.2 Å². The quantitative estimate of drug-likeness (QED) is 0.419. The monoisotopic (exact) mass is 470 g/mol. The van der Waals surface area contributed by atoms with Crippen molar-refractivity contribution < 1.29 is 4.79 Å². The third-order valence-corrected chi connectivity index (χ3v) is 6.77. The largest absolute Gasteiger partial charge is 0.334 e. The molecule has 8 heteroatoms. The van der Waals surface area contributed by atoms with Gasteiger partial charge in [-0.25, -0.2) is 4.98 Å². The molecule has 0 bridgehead atoms. The summed E-state index contributed by atoms with van der Waals surface area (Å²) < 4.78 is 2.04. The first-order chi connectivity index (χ1) is 15.1. The van der Waals surface area contributed by atoms with E-state index in [-0.39, 0.29) is 12.5 Å². The van der Waals surface area contributed by atoms with Gasteiger partial charge in [0.1, 0.15) is 6.54 Å². The number of amides is 1. The van der Waals surface area contributed by atoms with Gasteiger partial charge in [-0.15, -0.1) is 11.3 Å². The van der Waals surface area contributed by atoms with Crippen LogP contribution in [0.15, 0.2) is 47.8 Å². The average Bonchev–Trinajstić information content (AvgIpc) is 3.22. The van der Waals surface area contributed by atoms with E-state index in [2.05, 4.69) is 15.6 Å². The first-order valence-electron chi connectivity index (χ1n) is 10.1. The fraction of sp³-hybridized carbons (Fsp3) is 0.217. The number of aromatic nitrogens is 2. The summed E-state index contributed by atoms with van der Waals surface area (Å²) >= 11 is 14.3. The normalized spacial score (nSPS) is 13.7. The van der Waals surface area contributed by atoms with Crippen molar-refractivity contribution in [2.24, 2.45) is 0 Å². The summed E-state index contributed by atoms with van der Waals surface area (Å²) in [6, 6.07) is 13.6. The number of nitrogens with zero attached hydrogens (tertiary/aromatic N) is 2. The molecule has 2 N–H and O–H groups in total. The number of rotatable bonds is 4. The molecule has 3 heterocycles. The number of thiazole rings is 1. The number of halogens is 2. The van der Waals surface area contributed by atoms with Gasteiger partial charge in [0.25, 0.3) is 0 Å². The Kier molecular flexibility index (Phi) is 5.71. The number of nitrogens with one attached hydrogen (secondary N) is 2. The van der Waals surface area contributed by atoms with E-state index >= 15 is 0 Å². The van der Waals surface area contributed by atoms with Crippen LogP contribution in [0.2, 0.25) is 10.0 Å². The highest BCUT2D eigenvalue weighted by molar-refractivity contribution is 7.14. The minimum atomic E-state index is -0.128. The second-order valence-corrected chi connectivity index (χ2v) is 9.20. The summed E-state index contributed by atoms with van der Waals surface area (Å²) in [6.07, 6.45) is 1.71. The molecule has 1 aliphatic rings. The van der Waals surface area contributed by atoms with Crippen molar-refractivity contribution in [3.63, 3.8) is 0 Å². The van der Waals surface area contributed by atoms with Crippen molar-refractivity contribution in [2.45, 2.75) is 19.4 Å². The Balaban J connectivity index is 1.45. The van der Waals surface area contributed by atoms with E-state index in [1.54, 1.807) is 6.07 Å². The minimum absolute atomic E-state index is 0.128. The fourth-order valence-corrected chi connectivity index (χ4v) is 5.51. The standard InChI is InChI=1S/C23H20Cl2N4OS/c24-15-10-17-16-6-8-26-9-7-20(16)29(22(17)18(25)11-15)12-21(30)28-23-27-19(13-31-23)14-4-2-1-3-5-14/h1-5,10-11,13,26H,6-9,12H2,(H,27,28,30). The van der Waals surface area contributed by atoms with Gasteiger partial charge in [0.15, 0.2) is 5.13 Å². The molecule has 158 valence electrons. The first kappa shape index (κ1) is 20.5. The molecule has 1 amide bonds. The summed E-state index contributed by atoms with van der Waals surface area (Å²) in [4.78, 5) is 17.5. The molecular formula is C23H20Cl2N4OS. The van der Waals surface area contributed by atoms with Crippen LogP contribution in [0.5, 0.6) is 0 Å². The smallest absolute Gasteiger partial charge is 0.246 e. The van der Waals surface area contributed by atoms with Gasteiger partial charge in [0, 0.05) is 40.0 Å². The van der Waals surface area contributed by atoms with Crippen molar-refractivity contribution in [1.29, 1.82) is 0 Å². The van der Waals surface area contributed by atoms with Crippen LogP contribution in [0.3, 0.4) is 0 Å². The summed E-state index contributed by atoms with van der Waals surface area (Å²) in [5.41, 5.74) is 5.11. The predicted molar refractivity (Wildman–Crippen MR) is 128 cm³/mol. The molecule has 5 rings (SSSR count). The summed E-state index contributed by atoms with van der Waals surface area (Å²) in [7, 11) is 0. The Morgan fingerprint density at radius 2 is 1.97 bits per heavy atom. The van der Waals surface area contributed by atoms with Crippen molar-refractivity contribution >= 4 is 56.5 Å². The highest BCUT2D eigenvalue weighted by Gasteiger charge is 2.22. The van der Waals surface area contributed by atoms with Gasteiger partial charge in [-0.05, 0) is 30.7 Å². The minimum Gasteiger partial charge on any atom is -0.334 e. The van der Waals surface area contributed by atoms with Crippen molar-refractivity contribution in [2.75, 3.05) is 18.4 Å². The Labute approximate surface area is 194 Å². The molecule has 0 unspecified atom stereocenters. The number of hydrogen-bond donors (Lipinski definition) is 2. The molecule has 0 atom stereocenters. The van der Waals surface area contributed by atoms with Crippen LogP contribution >= 0.6 is 34.5 Å². The molecule has 1 aliphatic heterocycles. The Morgan fingerprint density at radius 1 is 1.16 bits per heavy atom. The van der Waals surface area contributed by atoms with E-state index in [9.17, 15) is 4.79 Å². The lowest BCUT2D eigenvalue weighted by Crippen LogP contribution is -2.21. The summed E-state index contributed by atoms with van der Waals surface area (Å²) in [5.74, 6) is -0.128. The molecular weight excluding hydrogens is 451 g/mol. The van der Waals surface area contributed by atoms with Crippen LogP contribution in [0.4, 0.5) is 5.13 Å². The van der Waals surface area contributed by atoms with Gasteiger partial charge < -0.3 is 15.2 Å². The lowest BCUT2D eigenvalue weighted by Gasteiger charge is -2.11. The zero-order chi connectivity index (χ0) is 21.4. The van der Waals surface area contributed by atoms with Crippen molar-refractivity contribution in [1.82, 2.24) is 14.9 Å². The van der Waals surface area contributed by atoms with Crippen LogP contribution in [-0.2, 0) is 24.2 Å². The molecule has 5 nitrogen and oxygen atoms in total. The number of benzene rings is 2. The first-order valence-corrected chi connectivity index (χ1v) is 11.7. The van der Waals surface area contributed by atoms with Gasteiger partial charge in [0.2, 0.25) is 5.91 Å². The molecule has 0 saturated heterocycles. The van der Waals surface area contributed by atoms with Crippen molar-refractivity contribution in [3.8, 4) is 11.3 Å². The topological polar surface area (TPSA) is 59.0 Å². The van der Waals surface area contributed by atoms with E-state index in [0.717, 1.165) is 53.8 Å².